The van der Waals surface area contributed by atoms with Crippen molar-refractivity contribution in [1.29, 1.82) is 5.26 Å². The van der Waals surface area contributed by atoms with Crippen LogP contribution in [0, 0.1) is 17.2 Å². The molecule has 40 heavy (non-hydrogen) atoms. The molecule has 0 heterocycles. The fourth-order valence-electron chi connectivity index (χ4n) is 4.46. The quantitative estimate of drug-likeness (QED) is 0.290. The average molecular weight is 592 g/mol. The summed E-state index contributed by atoms with van der Waals surface area (Å²) in [6.07, 6.45) is -3.63. The molecule has 0 unspecified atom stereocenters. The number of amides is 1. The molecule has 0 saturated heterocycles. The van der Waals surface area contributed by atoms with Gasteiger partial charge in [0, 0.05) is 11.3 Å². The van der Waals surface area contributed by atoms with E-state index in [1.54, 1.807) is 50.2 Å². The number of halogens is 4. The first kappa shape index (κ1) is 31.1. The Hall–Kier alpha value is -3.39. The van der Waals surface area contributed by atoms with Crippen LogP contribution in [0.15, 0.2) is 71.6 Å². The zero-order valence-corrected chi connectivity index (χ0v) is 23.7. The molecule has 0 fully saturated rings. The molecule has 0 aliphatic rings. The average Bonchev–Trinajstić information content (AvgIpc) is 2.87. The van der Waals surface area contributed by atoms with Gasteiger partial charge in [0.05, 0.1) is 17.0 Å². The SMILES string of the molecule is CC(C)C[C@H](N)C(=O)N(CC#N)[C@@H](c1ccc(-c2ccc(S(C)(=O)=O)cc2-c2ccc(Cl)cc2)cc1)C(F)(F)F. The highest BCUT2D eigenvalue weighted by Crippen LogP contribution is 2.40. The van der Waals surface area contributed by atoms with Gasteiger partial charge in [-0.05, 0) is 64.4 Å². The Labute approximate surface area is 237 Å². The molecule has 0 aliphatic heterocycles. The standard InChI is InChI=1S/C29H29ClF3N3O3S/c1-18(2)16-26(35)28(37)36(15-14-34)27(29(31,32)33)21-6-4-19(5-7-21)24-13-12-23(40(3,38)39)17-25(24)20-8-10-22(30)11-9-20/h4-13,17-18,26-27H,15-16,35H2,1-3H3/t26-,27-/m0/s1. The Bertz CT molecular complexity index is 1500. The van der Waals surface area contributed by atoms with Gasteiger partial charge in [-0.15, -0.1) is 0 Å². The third-order valence-corrected chi connectivity index (χ3v) is 7.66. The van der Waals surface area contributed by atoms with Gasteiger partial charge in [-0.25, -0.2) is 8.42 Å². The largest absolute Gasteiger partial charge is 0.413 e. The third-order valence-electron chi connectivity index (χ3n) is 6.30. The van der Waals surface area contributed by atoms with E-state index in [-0.39, 0.29) is 22.8 Å². The van der Waals surface area contributed by atoms with Gasteiger partial charge in [0.2, 0.25) is 5.91 Å². The first-order valence-electron chi connectivity index (χ1n) is 12.3. The van der Waals surface area contributed by atoms with Gasteiger partial charge in [-0.2, -0.15) is 18.4 Å². The van der Waals surface area contributed by atoms with Gasteiger partial charge in [0.15, 0.2) is 15.9 Å². The van der Waals surface area contributed by atoms with E-state index in [2.05, 4.69) is 0 Å². The number of nitriles is 1. The van der Waals surface area contributed by atoms with Crippen LogP contribution in [0.4, 0.5) is 13.2 Å². The van der Waals surface area contributed by atoms with Gasteiger partial charge in [0.25, 0.3) is 0 Å². The van der Waals surface area contributed by atoms with Crippen molar-refractivity contribution in [1.82, 2.24) is 4.90 Å². The number of nitrogens with zero attached hydrogens (tertiary/aromatic N) is 2. The number of carbonyl (C=O) groups is 1. The fraction of sp³-hybridized carbons (Fsp3) is 0.310. The van der Waals surface area contributed by atoms with Crippen LogP contribution in [0.3, 0.4) is 0 Å². The van der Waals surface area contributed by atoms with Crippen molar-refractivity contribution in [2.45, 2.75) is 43.4 Å². The molecule has 212 valence electrons. The van der Waals surface area contributed by atoms with Crippen LogP contribution in [-0.4, -0.2) is 44.2 Å². The predicted octanol–water partition coefficient (Wildman–Crippen LogP) is 6.41. The maximum absolute atomic E-state index is 14.4. The lowest BCUT2D eigenvalue weighted by molar-refractivity contribution is -0.191. The van der Waals surface area contributed by atoms with Crippen molar-refractivity contribution in [2.24, 2.45) is 11.7 Å². The number of hydrogen-bond acceptors (Lipinski definition) is 5. The van der Waals surface area contributed by atoms with Crippen molar-refractivity contribution in [3.63, 3.8) is 0 Å². The maximum atomic E-state index is 14.4. The third kappa shape index (κ3) is 7.42. The molecule has 0 aromatic heterocycles. The Morgan fingerprint density at radius 3 is 2.05 bits per heavy atom. The summed E-state index contributed by atoms with van der Waals surface area (Å²) in [5, 5.41) is 9.72. The number of nitrogens with two attached hydrogens (primary N) is 1. The second-order valence-electron chi connectivity index (χ2n) is 9.91. The summed E-state index contributed by atoms with van der Waals surface area (Å²) in [4.78, 5) is 13.5. The maximum Gasteiger partial charge on any atom is 0.413 e. The van der Waals surface area contributed by atoms with Crippen LogP contribution in [0.5, 0.6) is 0 Å². The van der Waals surface area contributed by atoms with Gasteiger partial charge in [0.1, 0.15) is 6.54 Å². The zero-order valence-electron chi connectivity index (χ0n) is 22.1. The summed E-state index contributed by atoms with van der Waals surface area (Å²) in [7, 11) is -3.54. The van der Waals surface area contributed by atoms with E-state index in [4.69, 9.17) is 17.3 Å². The number of sulfone groups is 1. The van der Waals surface area contributed by atoms with Gasteiger partial charge in [-0.3, -0.25) is 4.79 Å². The highest BCUT2D eigenvalue weighted by Gasteiger charge is 2.47. The van der Waals surface area contributed by atoms with Gasteiger partial charge in [-0.1, -0.05) is 67.9 Å². The lowest BCUT2D eigenvalue weighted by atomic mass is 9.93. The Balaban J connectivity index is 2.10. The van der Waals surface area contributed by atoms with E-state index in [0.717, 1.165) is 6.26 Å². The summed E-state index contributed by atoms with van der Waals surface area (Å²) in [5.41, 5.74) is 7.97. The molecule has 3 aromatic rings. The number of hydrogen-bond donors (Lipinski definition) is 1. The second-order valence-corrected chi connectivity index (χ2v) is 12.4. The Morgan fingerprint density at radius 2 is 1.55 bits per heavy atom. The molecular weight excluding hydrogens is 563 g/mol. The summed E-state index contributed by atoms with van der Waals surface area (Å²) < 4.78 is 67.5. The molecule has 0 radical (unpaired) electrons. The van der Waals surface area contributed by atoms with Gasteiger partial charge >= 0.3 is 6.18 Å². The topological polar surface area (TPSA) is 104 Å². The van der Waals surface area contributed by atoms with Crippen molar-refractivity contribution in [3.8, 4) is 28.3 Å². The second kappa shape index (κ2) is 12.4. The highest BCUT2D eigenvalue weighted by atomic mass is 35.5. The number of alkyl halides is 3. The number of carbonyl (C=O) groups excluding carboxylic acids is 1. The highest BCUT2D eigenvalue weighted by molar-refractivity contribution is 7.90. The Morgan fingerprint density at radius 1 is 1.00 bits per heavy atom. The van der Waals surface area contributed by atoms with E-state index in [9.17, 15) is 31.6 Å². The molecular formula is C29H29ClF3N3O3S. The van der Waals surface area contributed by atoms with Crippen LogP contribution < -0.4 is 5.73 Å². The molecule has 3 rings (SSSR count). The van der Waals surface area contributed by atoms with E-state index in [0.29, 0.717) is 32.2 Å². The van der Waals surface area contributed by atoms with Crippen LogP contribution in [0.1, 0.15) is 31.9 Å². The summed E-state index contributed by atoms with van der Waals surface area (Å²) >= 11 is 6.01. The van der Waals surface area contributed by atoms with E-state index in [1.165, 1.54) is 36.4 Å². The zero-order chi connectivity index (χ0) is 29.8. The fourth-order valence-corrected chi connectivity index (χ4v) is 5.23. The monoisotopic (exact) mass is 591 g/mol. The minimum atomic E-state index is -4.88. The molecule has 3 aromatic carbocycles. The lowest BCUT2D eigenvalue weighted by Crippen LogP contribution is -2.49. The van der Waals surface area contributed by atoms with E-state index in [1.807, 2.05) is 0 Å². The van der Waals surface area contributed by atoms with Crippen LogP contribution in [0.2, 0.25) is 5.02 Å². The molecule has 0 bridgehead atoms. The van der Waals surface area contributed by atoms with E-state index < -0.39 is 40.5 Å². The Kier molecular flexibility index (Phi) is 9.67. The predicted molar refractivity (Wildman–Crippen MR) is 149 cm³/mol. The van der Waals surface area contributed by atoms with Crippen LogP contribution in [0.25, 0.3) is 22.3 Å². The summed E-state index contributed by atoms with van der Waals surface area (Å²) in [6.45, 7) is 2.80. The smallest absolute Gasteiger partial charge is 0.320 e. The summed E-state index contributed by atoms with van der Waals surface area (Å²) in [6, 6.07) is 14.8. The molecule has 6 nitrogen and oxygen atoms in total. The minimum absolute atomic E-state index is 0.0320. The lowest BCUT2D eigenvalue weighted by Gasteiger charge is -2.33. The number of benzene rings is 3. The molecule has 2 N–H and O–H groups in total. The van der Waals surface area contributed by atoms with Crippen LogP contribution in [-0.2, 0) is 14.6 Å². The van der Waals surface area contributed by atoms with Crippen molar-refractivity contribution in [2.75, 3.05) is 12.8 Å². The normalized spacial score (nSPS) is 13.5. The molecule has 11 heteroatoms. The first-order valence-corrected chi connectivity index (χ1v) is 14.6. The van der Waals surface area contributed by atoms with Crippen molar-refractivity contribution >= 4 is 27.3 Å². The van der Waals surface area contributed by atoms with Crippen LogP contribution >= 0.6 is 11.6 Å². The molecule has 1 amide bonds. The van der Waals surface area contributed by atoms with E-state index >= 15 is 0 Å². The minimum Gasteiger partial charge on any atom is -0.320 e. The van der Waals surface area contributed by atoms with Crippen molar-refractivity contribution < 1.29 is 26.4 Å². The molecule has 0 spiro atoms. The van der Waals surface area contributed by atoms with Gasteiger partial charge < -0.3 is 10.6 Å². The summed E-state index contributed by atoms with van der Waals surface area (Å²) in [5.74, 6) is -0.988. The van der Waals surface area contributed by atoms with Crippen molar-refractivity contribution in [3.05, 3.63) is 77.3 Å². The first-order chi connectivity index (χ1) is 18.6. The number of rotatable bonds is 9. The molecule has 0 saturated carbocycles. The molecule has 0 aliphatic carbocycles. The molecule has 2 atom stereocenters.